The van der Waals surface area contributed by atoms with E-state index in [4.69, 9.17) is 11.6 Å². The van der Waals surface area contributed by atoms with E-state index >= 15 is 0 Å². The molecule has 8 nitrogen and oxygen atoms in total. The van der Waals surface area contributed by atoms with Crippen molar-refractivity contribution in [1.29, 1.82) is 0 Å². The first-order valence-corrected chi connectivity index (χ1v) is 14.1. The molecule has 0 aliphatic carbocycles. The number of pyridine rings is 1. The molecule has 3 rings (SSSR count). The second kappa shape index (κ2) is 15.6. The Morgan fingerprint density at radius 1 is 1.11 bits per heavy atom. The molecule has 0 spiro atoms. The van der Waals surface area contributed by atoms with Crippen molar-refractivity contribution in [3.8, 4) is 11.3 Å². The monoisotopic (exact) mass is 560 g/mol. The fraction of sp³-hybridized carbons (Fsp3) is 0.407. The highest BCUT2D eigenvalue weighted by Crippen LogP contribution is 2.32. The molecule has 0 saturated heterocycles. The van der Waals surface area contributed by atoms with Gasteiger partial charge in [-0.2, -0.15) is 0 Å². The van der Waals surface area contributed by atoms with Crippen molar-refractivity contribution in [2.75, 3.05) is 42.6 Å². The number of benzene rings is 1. The van der Waals surface area contributed by atoms with Crippen LogP contribution < -0.4 is 10.6 Å². The third kappa shape index (κ3) is 9.20. The Morgan fingerprint density at radius 2 is 1.95 bits per heavy atom. The molecule has 3 N–H and O–H groups in total. The lowest BCUT2D eigenvalue weighted by atomic mass is 10.1. The molecule has 0 atom stereocenters. The topological polar surface area (TPSA) is 103 Å². The van der Waals surface area contributed by atoms with Gasteiger partial charge in [0.1, 0.15) is 16.7 Å². The lowest BCUT2D eigenvalue weighted by Crippen LogP contribution is -2.34. The van der Waals surface area contributed by atoms with Crippen molar-refractivity contribution in [2.24, 2.45) is 0 Å². The van der Waals surface area contributed by atoms with Crippen LogP contribution in [0.25, 0.3) is 11.3 Å². The van der Waals surface area contributed by atoms with Crippen LogP contribution in [0.3, 0.4) is 0 Å². The van der Waals surface area contributed by atoms with Gasteiger partial charge in [-0.1, -0.05) is 38.3 Å². The Labute approximate surface area is 232 Å². The van der Waals surface area contributed by atoms with Crippen molar-refractivity contribution in [1.82, 2.24) is 20.1 Å². The van der Waals surface area contributed by atoms with E-state index in [9.17, 15) is 14.3 Å². The molecule has 0 bridgehead atoms. The van der Waals surface area contributed by atoms with Crippen LogP contribution >= 0.6 is 23.4 Å². The lowest BCUT2D eigenvalue weighted by Gasteiger charge is -2.21. The number of amides is 1. The summed E-state index contributed by atoms with van der Waals surface area (Å²) in [5, 5.41) is 24.8. The van der Waals surface area contributed by atoms with Crippen LogP contribution in [0.15, 0.2) is 47.6 Å². The average molecular weight is 561 g/mol. The zero-order valence-electron chi connectivity index (χ0n) is 21.7. The van der Waals surface area contributed by atoms with E-state index in [0.717, 1.165) is 38.8 Å². The van der Waals surface area contributed by atoms with Crippen LogP contribution in [0.4, 0.5) is 21.6 Å². The number of anilines is 3. The molecule has 11 heteroatoms. The highest BCUT2D eigenvalue weighted by Gasteiger charge is 2.15. The number of halogens is 2. The molecule has 0 aliphatic heterocycles. The van der Waals surface area contributed by atoms with Crippen LogP contribution in [0, 0.1) is 5.82 Å². The van der Waals surface area contributed by atoms with Gasteiger partial charge in [-0.05, 0) is 56.3 Å². The van der Waals surface area contributed by atoms with E-state index in [0.29, 0.717) is 45.2 Å². The smallest absolute Gasteiger partial charge is 0.239 e. The second-order valence-corrected chi connectivity index (χ2v) is 10.3. The fourth-order valence-corrected chi connectivity index (χ4v) is 4.65. The predicted molar refractivity (Wildman–Crippen MR) is 153 cm³/mol. The third-order valence-electron chi connectivity index (χ3n) is 5.59. The molecule has 3 aromatic rings. The van der Waals surface area contributed by atoms with Gasteiger partial charge in [-0.15, -0.1) is 22.0 Å². The van der Waals surface area contributed by atoms with E-state index in [1.807, 2.05) is 0 Å². The summed E-state index contributed by atoms with van der Waals surface area (Å²) in [5.41, 5.74) is 1.76. The van der Waals surface area contributed by atoms with Crippen LogP contribution in [0.2, 0.25) is 5.02 Å². The summed E-state index contributed by atoms with van der Waals surface area (Å²) >= 11 is 7.38. The molecule has 0 fully saturated rings. The Kier molecular flexibility index (Phi) is 12.2. The SMILES string of the molecule is CCCCCN(CCC)CC(=O)Nc1cc(Nc2cc(-c3cc(Cl)ccc3F)nnc2SCCO)ccn1. The highest BCUT2D eigenvalue weighted by atomic mass is 35.5. The maximum atomic E-state index is 14.5. The second-order valence-electron chi connectivity index (χ2n) is 8.73. The van der Waals surface area contributed by atoms with Crippen LogP contribution in [0.1, 0.15) is 39.5 Å². The van der Waals surface area contributed by atoms with Gasteiger partial charge in [0.2, 0.25) is 5.91 Å². The van der Waals surface area contributed by atoms with E-state index in [1.54, 1.807) is 24.4 Å². The minimum absolute atomic E-state index is 0.0324. The zero-order valence-corrected chi connectivity index (χ0v) is 23.3. The highest BCUT2D eigenvalue weighted by molar-refractivity contribution is 7.99. The summed E-state index contributed by atoms with van der Waals surface area (Å²) in [7, 11) is 0. The molecule has 1 amide bonds. The molecule has 38 heavy (non-hydrogen) atoms. The summed E-state index contributed by atoms with van der Waals surface area (Å²) in [5.74, 6) is 0.241. The number of aromatic nitrogens is 3. The number of nitrogens with one attached hydrogen (secondary N) is 2. The number of aliphatic hydroxyl groups is 1. The Bertz CT molecular complexity index is 1200. The lowest BCUT2D eigenvalue weighted by molar-refractivity contribution is -0.117. The van der Waals surface area contributed by atoms with Gasteiger partial charge < -0.3 is 15.7 Å². The van der Waals surface area contributed by atoms with E-state index in [1.165, 1.54) is 30.0 Å². The van der Waals surface area contributed by atoms with Gasteiger partial charge in [-0.25, -0.2) is 9.37 Å². The Balaban J connectivity index is 1.77. The number of carbonyl (C=O) groups excluding carboxylic acids is 1. The maximum Gasteiger partial charge on any atom is 0.239 e. The van der Waals surface area contributed by atoms with E-state index in [-0.39, 0.29) is 18.1 Å². The van der Waals surface area contributed by atoms with Gasteiger partial charge >= 0.3 is 0 Å². The minimum Gasteiger partial charge on any atom is -0.396 e. The molecular formula is C27H34ClFN6O2S. The molecule has 0 unspecified atom stereocenters. The first-order valence-electron chi connectivity index (χ1n) is 12.8. The predicted octanol–water partition coefficient (Wildman–Crippen LogP) is 6.00. The van der Waals surface area contributed by atoms with Crippen molar-refractivity contribution in [3.63, 3.8) is 0 Å². The standard InChI is InChI=1S/C27H34ClFN6O2S/c1-3-5-6-12-35(11-4-2)18-26(37)32-25-16-20(9-10-30-25)31-24-17-23(33-34-27(24)38-14-13-36)21-15-19(28)7-8-22(21)29/h7-10,15-17,36H,3-6,11-14,18H2,1-2H3,(H2,30,31,32,33,37). The molecule has 2 heterocycles. The van der Waals surface area contributed by atoms with Crippen molar-refractivity contribution >= 4 is 46.5 Å². The first-order chi connectivity index (χ1) is 18.4. The van der Waals surface area contributed by atoms with Crippen LogP contribution in [-0.2, 0) is 4.79 Å². The van der Waals surface area contributed by atoms with E-state index < -0.39 is 5.82 Å². The molecule has 1 aromatic carbocycles. The maximum absolute atomic E-state index is 14.5. The largest absolute Gasteiger partial charge is 0.396 e. The van der Waals surface area contributed by atoms with Gasteiger partial charge in [-0.3, -0.25) is 9.69 Å². The van der Waals surface area contributed by atoms with Gasteiger partial charge in [0.25, 0.3) is 0 Å². The van der Waals surface area contributed by atoms with Crippen LogP contribution in [0.5, 0.6) is 0 Å². The molecular weight excluding hydrogens is 527 g/mol. The van der Waals surface area contributed by atoms with Crippen molar-refractivity contribution in [3.05, 3.63) is 53.4 Å². The molecule has 0 radical (unpaired) electrons. The first kappa shape index (κ1) is 29.8. The number of unbranched alkanes of at least 4 members (excludes halogenated alkanes) is 2. The summed E-state index contributed by atoms with van der Waals surface area (Å²) in [6.45, 7) is 6.30. The number of hydrogen-bond acceptors (Lipinski definition) is 8. The molecule has 2 aromatic heterocycles. The van der Waals surface area contributed by atoms with Crippen molar-refractivity contribution in [2.45, 2.75) is 44.6 Å². The number of hydrogen-bond donors (Lipinski definition) is 3. The number of rotatable bonds is 15. The summed E-state index contributed by atoms with van der Waals surface area (Å²) < 4.78 is 14.5. The number of nitrogens with zero attached hydrogens (tertiary/aromatic N) is 4. The Hall–Kier alpha value is -2.79. The molecule has 0 saturated carbocycles. The minimum atomic E-state index is -0.467. The fourth-order valence-electron chi connectivity index (χ4n) is 3.83. The quantitative estimate of drug-likeness (QED) is 0.154. The normalized spacial score (nSPS) is 11.1. The molecule has 0 aliphatic rings. The van der Waals surface area contributed by atoms with Gasteiger partial charge in [0.15, 0.2) is 0 Å². The summed E-state index contributed by atoms with van der Waals surface area (Å²) in [6.07, 6.45) is 5.92. The summed E-state index contributed by atoms with van der Waals surface area (Å²) in [4.78, 5) is 19.2. The zero-order chi connectivity index (χ0) is 27.3. The van der Waals surface area contributed by atoms with Crippen LogP contribution in [-0.4, -0.2) is 63.1 Å². The third-order valence-corrected chi connectivity index (χ3v) is 6.78. The van der Waals surface area contributed by atoms with E-state index in [2.05, 4.69) is 44.6 Å². The number of thioether (sulfide) groups is 1. The number of aliphatic hydroxyl groups excluding tert-OH is 1. The summed E-state index contributed by atoms with van der Waals surface area (Å²) in [6, 6.07) is 9.40. The average Bonchev–Trinajstić information content (AvgIpc) is 2.89. The van der Waals surface area contributed by atoms with Crippen molar-refractivity contribution < 1.29 is 14.3 Å². The molecule has 204 valence electrons. The van der Waals surface area contributed by atoms with Gasteiger partial charge in [0.05, 0.1) is 24.5 Å². The van der Waals surface area contributed by atoms with Gasteiger partial charge in [0, 0.05) is 34.3 Å². The number of carbonyl (C=O) groups is 1. The Morgan fingerprint density at radius 3 is 2.71 bits per heavy atom.